The predicted molar refractivity (Wildman–Crippen MR) is 88.2 cm³/mol. The summed E-state index contributed by atoms with van der Waals surface area (Å²) in [6, 6.07) is 9.71. The first-order chi connectivity index (χ1) is 9.70. The highest BCUT2D eigenvalue weighted by molar-refractivity contribution is 5.23. The van der Waals surface area contributed by atoms with E-state index in [1.807, 2.05) is 0 Å². The Morgan fingerprint density at radius 3 is 2.55 bits per heavy atom. The van der Waals surface area contributed by atoms with Gasteiger partial charge in [0.05, 0.1) is 0 Å². The van der Waals surface area contributed by atoms with E-state index in [4.69, 9.17) is 0 Å². The minimum Gasteiger partial charge on any atom is -0.313 e. The van der Waals surface area contributed by atoms with E-state index < -0.39 is 0 Å². The van der Waals surface area contributed by atoms with Gasteiger partial charge in [-0.2, -0.15) is 0 Å². The van der Waals surface area contributed by atoms with Gasteiger partial charge in [0, 0.05) is 6.04 Å². The zero-order valence-electron chi connectivity index (χ0n) is 13.5. The first kappa shape index (κ1) is 15.6. The molecular formula is C19H31N. The molecule has 112 valence electrons. The van der Waals surface area contributed by atoms with E-state index >= 15 is 0 Å². The van der Waals surface area contributed by atoms with Crippen LogP contribution < -0.4 is 5.32 Å². The van der Waals surface area contributed by atoms with Gasteiger partial charge >= 0.3 is 0 Å². The zero-order valence-corrected chi connectivity index (χ0v) is 13.5. The number of benzene rings is 1. The van der Waals surface area contributed by atoms with Crippen LogP contribution in [0.25, 0.3) is 0 Å². The van der Waals surface area contributed by atoms with E-state index in [0.29, 0.717) is 11.5 Å². The van der Waals surface area contributed by atoms with Gasteiger partial charge in [-0.15, -0.1) is 0 Å². The van der Waals surface area contributed by atoms with Crippen LogP contribution in [-0.2, 0) is 6.42 Å². The largest absolute Gasteiger partial charge is 0.313 e. The maximum atomic E-state index is 3.87. The molecule has 0 bridgehead atoms. The number of aryl methyl sites for hydroxylation is 1. The smallest absolute Gasteiger partial charge is 0.0164 e. The van der Waals surface area contributed by atoms with Gasteiger partial charge in [-0.25, -0.2) is 0 Å². The van der Waals surface area contributed by atoms with E-state index in [1.54, 1.807) is 0 Å². The highest BCUT2D eigenvalue weighted by Crippen LogP contribution is 2.44. The summed E-state index contributed by atoms with van der Waals surface area (Å²) in [6.45, 7) is 8.01. The van der Waals surface area contributed by atoms with Gasteiger partial charge in [-0.05, 0) is 56.6 Å². The standard InChI is InChI=1S/C19H31N/c1-4-13-20-18(19(5-2)11-6-7-12-19)15-17-10-8-9-16(3)14-17/h8-10,14,18,20H,4-7,11-13,15H2,1-3H3. The molecular weight excluding hydrogens is 242 g/mol. The number of hydrogen-bond acceptors (Lipinski definition) is 1. The zero-order chi connectivity index (χ0) is 14.4. The molecule has 0 aromatic heterocycles. The fraction of sp³-hybridized carbons (Fsp3) is 0.684. The highest BCUT2D eigenvalue weighted by atomic mass is 14.9. The maximum Gasteiger partial charge on any atom is 0.0164 e. The Morgan fingerprint density at radius 1 is 1.20 bits per heavy atom. The van der Waals surface area contributed by atoms with Crippen LogP contribution in [0, 0.1) is 12.3 Å². The molecule has 1 aromatic rings. The molecule has 0 spiro atoms. The average Bonchev–Trinajstić information content (AvgIpc) is 2.93. The summed E-state index contributed by atoms with van der Waals surface area (Å²) >= 11 is 0. The summed E-state index contributed by atoms with van der Waals surface area (Å²) < 4.78 is 0. The van der Waals surface area contributed by atoms with Crippen LogP contribution >= 0.6 is 0 Å². The minimum atomic E-state index is 0.541. The summed E-state index contributed by atoms with van der Waals surface area (Å²) in [7, 11) is 0. The van der Waals surface area contributed by atoms with Crippen molar-refractivity contribution in [3.8, 4) is 0 Å². The fourth-order valence-electron chi connectivity index (χ4n) is 3.93. The average molecular weight is 273 g/mol. The molecule has 1 heteroatoms. The lowest BCUT2D eigenvalue weighted by Crippen LogP contribution is -2.45. The van der Waals surface area contributed by atoms with Crippen LogP contribution in [0.2, 0.25) is 0 Å². The lowest BCUT2D eigenvalue weighted by molar-refractivity contribution is 0.184. The van der Waals surface area contributed by atoms with Crippen molar-refractivity contribution in [2.75, 3.05) is 6.54 Å². The van der Waals surface area contributed by atoms with Gasteiger partial charge in [0.2, 0.25) is 0 Å². The Morgan fingerprint density at radius 2 is 1.95 bits per heavy atom. The first-order valence-corrected chi connectivity index (χ1v) is 8.49. The van der Waals surface area contributed by atoms with Crippen molar-refractivity contribution in [1.29, 1.82) is 0 Å². The van der Waals surface area contributed by atoms with E-state index in [-0.39, 0.29) is 0 Å². The van der Waals surface area contributed by atoms with Crippen molar-refractivity contribution in [2.24, 2.45) is 5.41 Å². The Kier molecular flexibility index (Phi) is 5.65. The van der Waals surface area contributed by atoms with E-state index in [1.165, 1.54) is 56.1 Å². The second kappa shape index (κ2) is 7.26. The second-order valence-electron chi connectivity index (χ2n) is 6.62. The third-order valence-corrected chi connectivity index (χ3v) is 5.21. The van der Waals surface area contributed by atoms with Crippen LogP contribution in [-0.4, -0.2) is 12.6 Å². The molecule has 1 aliphatic carbocycles. The van der Waals surface area contributed by atoms with Crippen LogP contribution in [0.1, 0.15) is 63.5 Å². The highest BCUT2D eigenvalue weighted by Gasteiger charge is 2.39. The van der Waals surface area contributed by atoms with Gasteiger partial charge in [0.25, 0.3) is 0 Å². The summed E-state index contributed by atoms with van der Waals surface area (Å²) in [5, 5.41) is 3.87. The Balaban J connectivity index is 2.14. The van der Waals surface area contributed by atoms with Gasteiger partial charge in [-0.3, -0.25) is 0 Å². The number of nitrogens with one attached hydrogen (secondary N) is 1. The first-order valence-electron chi connectivity index (χ1n) is 8.49. The van der Waals surface area contributed by atoms with Crippen molar-refractivity contribution in [1.82, 2.24) is 5.32 Å². The Hall–Kier alpha value is -0.820. The number of hydrogen-bond donors (Lipinski definition) is 1. The third-order valence-electron chi connectivity index (χ3n) is 5.21. The van der Waals surface area contributed by atoms with Gasteiger partial charge in [0.15, 0.2) is 0 Å². The fourth-order valence-corrected chi connectivity index (χ4v) is 3.93. The van der Waals surface area contributed by atoms with Crippen LogP contribution in [0.3, 0.4) is 0 Å². The van der Waals surface area contributed by atoms with E-state index in [2.05, 4.69) is 50.4 Å². The molecule has 0 heterocycles. The SMILES string of the molecule is CCCNC(Cc1cccc(C)c1)C1(CC)CCCC1. The normalized spacial score (nSPS) is 19.1. The number of rotatable bonds is 7. The molecule has 1 atom stereocenters. The molecule has 0 amide bonds. The predicted octanol–water partition coefficient (Wildman–Crippen LogP) is 4.88. The van der Waals surface area contributed by atoms with E-state index in [0.717, 1.165) is 6.54 Å². The van der Waals surface area contributed by atoms with Crippen molar-refractivity contribution in [3.05, 3.63) is 35.4 Å². The van der Waals surface area contributed by atoms with Gasteiger partial charge < -0.3 is 5.32 Å². The molecule has 1 nitrogen and oxygen atoms in total. The third kappa shape index (κ3) is 3.63. The molecule has 0 aliphatic heterocycles. The lowest BCUT2D eigenvalue weighted by atomic mass is 9.74. The lowest BCUT2D eigenvalue weighted by Gasteiger charge is -2.38. The molecule has 0 saturated heterocycles. The molecule has 1 aromatic carbocycles. The monoisotopic (exact) mass is 273 g/mol. The molecule has 1 unspecified atom stereocenters. The minimum absolute atomic E-state index is 0.541. The molecule has 1 saturated carbocycles. The Labute approximate surface area is 125 Å². The summed E-state index contributed by atoms with van der Waals surface area (Å²) in [5.74, 6) is 0. The summed E-state index contributed by atoms with van der Waals surface area (Å²) in [4.78, 5) is 0. The maximum absolute atomic E-state index is 3.87. The van der Waals surface area contributed by atoms with Gasteiger partial charge in [0.1, 0.15) is 0 Å². The van der Waals surface area contributed by atoms with Gasteiger partial charge in [-0.1, -0.05) is 56.5 Å². The topological polar surface area (TPSA) is 12.0 Å². The molecule has 1 fully saturated rings. The van der Waals surface area contributed by atoms with Crippen molar-refractivity contribution >= 4 is 0 Å². The van der Waals surface area contributed by atoms with Crippen LogP contribution in [0.15, 0.2) is 24.3 Å². The summed E-state index contributed by atoms with van der Waals surface area (Å²) in [5.41, 5.74) is 3.42. The van der Waals surface area contributed by atoms with E-state index in [9.17, 15) is 0 Å². The molecule has 2 rings (SSSR count). The van der Waals surface area contributed by atoms with Crippen molar-refractivity contribution < 1.29 is 0 Å². The summed E-state index contributed by atoms with van der Waals surface area (Å²) in [6.07, 6.45) is 9.41. The second-order valence-corrected chi connectivity index (χ2v) is 6.62. The molecule has 20 heavy (non-hydrogen) atoms. The Bertz CT molecular complexity index is 404. The molecule has 1 aliphatic rings. The van der Waals surface area contributed by atoms with Crippen molar-refractivity contribution in [3.63, 3.8) is 0 Å². The van der Waals surface area contributed by atoms with Crippen LogP contribution in [0.4, 0.5) is 0 Å². The van der Waals surface area contributed by atoms with Crippen LogP contribution in [0.5, 0.6) is 0 Å². The molecule has 1 N–H and O–H groups in total. The quantitative estimate of drug-likeness (QED) is 0.747. The van der Waals surface area contributed by atoms with Crippen molar-refractivity contribution in [2.45, 2.75) is 71.8 Å². The molecule has 0 radical (unpaired) electrons.